The number of carboxylic acids is 1. The zero-order valence-corrected chi connectivity index (χ0v) is 28.9. The summed E-state index contributed by atoms with van der Waals surface area (Å²) in [6.07, 6.45) is -14.6. The Labute approximate surface area is 302 Å². The van der Waals surface area contributed by atoms with E-state index >= 15 is 0 Å². The Bertz CT molecular complexity index is 1430. The number of amides is 5. The molecule has 0 unspecified atom stereocenters. The summed E-state index contributed by atoms with van der Waals surface area (Å²) < 4.78 is 10.9. The SMILES string of the molecule is C[C@@H](O)[C@H](N)C(=O)N[C@H](C(=O)N[C@@H](CC(N)=O)C(=O)N[C@@H](Cc1ccc(O)cc1)C(=O)N[C@H](C(=O)O)[C@@H](C)O)[C@@H](C)O[C@@H]1O[C@H](CO)[C@@H](O)[C@H](O)[C@H]1O. The van der Waals surface area contributed by atoms with E-state index in [2.05, 4.69) is 21.3 Å². The summed E-state index contributed by atoms with van der Waals surface area (Å²) in [7, 11) is 0. The van der Waals surface area contributed by atoms with Crippen molar-refractivity contribution in [2.24, 2.45) is 11.5 Å². The molecule has 1 fully saturated rings. The fourth-order valence-electron chi connectivity index (χ4n) is 5.00. The number of hydrogen-bond acceptors (Lipinski definition) is 16. The van der Waals surface area contributed by atoms with E-state index in [0.29, 0.717) is 5.56 Å². The van der Waals surface area contributed by atoms with Crippen LogP contribution < -0.4 is 32.7 Å². The standard InChI is InChI=1S/C31H48N6O16/c1-11(39)20(33)28(48)37-22(13(3)52-31-25(45)24(44)23(43)18(10-38)53-31)29(49)35-17(9-19(32)42)26(46)34-16(8-14-4-6-15(41)7-5-14)27(47)36-21(12(2)40)30(50)51/h4-7,11-13,16-18,20-25,31,38-41,43-45H,8-10,33H2,1-3H3,(H2,32,42)(H,34,46)(H,35,49)(H,36,47)(H,37,48)(H,50,51)/t11-,12-,13-,16+,17+,18-,20+,21+,22+,23-,24+,25-,31-/m1/s1. The van der Waals surface area contributed by atoms with Gasteiger partial charge in [0.05, 0.1) is 31.3 Å². The number of benzene rings is 1. The van der Waals surface area contributed by atoms with Crippen molar-refractivity contribution >= 4 is 35.5 Å². The summed E-state index contributed by atoms with van der Waals surface area (Å²) in [5.74, 6) is -7.57. The van der Waals surface area contributed by atoms with Crippen molar-refractivity contribution in [3.63, 3.8) is 0 Å². The molecule has 22 nitrogen and oxygen atoms in total. The number of carboxylic acid groups (broad SMARTS) is 1. The molecule has 298 valence electrons. The maximum Gasteiger partial charge on any atom is 0.328 e. The quantitative estimate of drug-likeness (QED) is 0.0623. The number of nitrogens with one attached hydrogen (secondary N) is 4. The Morgan fingerprint density at radius 1 is 0.792 bits per heavy atom. The van der Waals surface area contributed by atoms with Crippen molar-refractivity contribution in [1.29, 1.82) is 0 Å². The van der Waals surface area contributed by atoms with E-state index in [9.17, 15) is 69.6 Å². The second-order valence-electron chi connectivity index (χ2n) is 12.5. The van der Waals surface area contributed by atoms with Crippen LogP contribution in [0.3, 0.4) is 0 Å². The summed E-state index contributed by atoms with van der Waals surface area (Å²) in [5.41, 5.74) is 11.4. The molecule has 2 rings (SSSR count). The molecule has 1 aromatic carbocycles. The zero-order chi connectivity index (χ0) is 40.3. The number of aliphatic carboxylic acids is 1. The first-order valence-electron chi connectivity index (χ1n) is 16.3. The lowest BCUT2D eigenvalue weighted by molar-refractivity contribution is -0.311. The van der Waals surface area contributed by atoms with E-state index in [0.717, 1.165) is 6.92 Å². The van der Waals surface area contributed by atoms with Gasteiger partial charge in [-0.1, -0.05) is 12.1 Å². The lowest BCUT2D eigenvalue weighted by atomic mass is 9.99. The minimum Gasteiger partial charge on any atom is -0.508 e. The highest BCUT2D eigenvalue weighted by Gasteiger charge is 2.46. The molecule has 0 radical (unpaired) electrons. The Morgan fingerprint density at radius 3 is 1.85 bits per heavy atom. The van der Waals surface area contributed by atoms with Gasteiger partial charge in [-0.15, -0.1) is 0 Å². The van der Waals surface area contributed by atoms with Gasteiger partial charge in [-0.25, -0.2) is 4.79 Å². The van der Waals surface area contributed by atoms with E-state index in [4.69, 9.17) is 20.9 Å². The molecule has 0 bridgehead atoms. The number of carbonyl (C=O) groups excluding carboxylic acids is 5. The average molecular weight is 761 g/mol. The number of phenols is 1. The monoisotopic (exact) mass is 760 g/mol. The van der Waals surface area contributed by atoms with Gasteiger partial charge >= 0.3 is 5.97 Å². The zero-order valence-electron chi connectivity index (χ0n) is 28.9. The number of hydrogen-bond donors (Lipinski definition) is 14. The molecule has 1 aromatic rings. The van der Waals surface area contributed by atoms with Gasteiger partial charge in [-0.05, 0) is 38.5 Å². The number of rotatable bonds is 19. The molecular formula is C31H48N6O16. The summed E-state index contributed by atoms with van der Waals surface area (Å²) >= 11 is 0. The first kappa shape index (κ1) is 44.6. The molecule has 1 aliphatic heterocycles. The third-order valence-electron chi connectivity index (χ3n) is 8.16. The number of primary amides is 1. The van der Waals surface area contributed by atoms with Crippen molar-refractivity contribution in [3.05, 3.63) is 29.8 Å². The summed E-state index contributed by atoms with van der Waals surface area (Å²) in [6.45, 7) is 2.61. The van der Waals surface area contributed by atoms with E-state index in [1.54, 1.807) is 0 Å². The number of phenolic OH excluding ortho intramolecular Hbond substituents is 1. The number of nitrogens with two attached hydrogens (primary N) is 2. The van der Waals surface area contributed by atoms with Crippen LogP contribution >= 0.6 is 0 Å². The molecule has 0 aliphatic carbocycles. The fraction of sp³-hybridized carbons (Fsp3) is 0.613. The van der Waals surface area contributed by atoms with Crippen LogP contribution in [0.15, 0.2) is 24.3 Å². The van der Waals surface area contributed by atoms with Crippen LogP contribution in [-0.4, -0.2) is 162 Å². The molecule has 1 saturated heterocycles. The summed E-state index contributed by atoms with van der Waals surface area (Å²) in [4.78, 5) is 77.2. The molecule has 5 amide bonds. The minimum atomic E-state index is -1.94. The minimum absolute atomic E-state index is 0.135. The van der Waals surface area contributed by atoms with Crippen LogP contribution in [0.5, 0.6) is 5.75 Å². The van der Waals surface area contributed by atoms with Crippen LogP contribution in [0.25, 0.3) is 0 Å². The van der Waals surface area contributed by atoms with Crippen molar-refractivity contribution < 1.29 is 79.1 Å². The van der Waals surface area contributed by atoms with E-state index < -0.39 is 128 Å². The van der Waals surface area contributed by atoms with Gasteiger partial charge < -0.3 is 83.1 Å². The van der Waals surface area contributed by atoms with Gasteiger partial charge in [0.25, 0.3) is 0 Å². The molecule has 0 saturated carbocycles. The maximum absolute atomic E-state index is 13.7. The molecular weight excluding hydrogens is 712 g/mol. The predicted molar refractivity (Wildman–Crippen MR) is 177 cm³/mol. The molecule has 53 heavy (non-hydrogen) atoms. The van der Waals surface area contributed by atoms with Crippen LogP contribution in [0.2, 0.25) is 0 Å². The maximum atomic E-state index is 13.7. The topological polar surface area (TPSA) is 383 Å². The third kappa shape index (κ3) is 12.8. The smallest absolute Gasteiger partial charge is 0.328 e. The Hall–Kier alpha value is -4.52. The van der Waals surface area contributed by atoms with Crippen LogP contribution in [0, 0.1) is 0 Å². The average Bonchev–Trinajstić information content (AvgIpc) is 3.08. The predicted octanol–water partition coefficient (Wildman–Crippen LogP) is -6.87. The Kier molecular flexibility index (Phi) is 16.9. The lowest BCUT2D eigenvalue weighted by Crippen LogP contribution is -2.64. The third-order valence-corrected chi connectivity index (χ3v) is 8.16. The fourth-order valence-corrected chi connectivity index (χ4v) is 5.00. The van der Waals surface area contributed by atoms with E-state index in [1.165, 1.54) is 38.1 Å². The van der Waals surface area contributed by atoms with Crippen molar-refractivity contribution in [2.45, 2.75) is 113 Å². The second-order valence-corrected chi connectivity index (χ2v) is 12.5. The normalized spacial score (nSPS) is 24.5. The van der Waals surface area contributed by atoms with Gasteiger partial charge in [0, 0.05) is 6.42 Å². The van der Waals surface area contributed by atoms with Crippen LogP contribution in [0.1, 0.15) is 32.8 Å². The summed E-state index contributed by atoms with van der Waals surface area (Å²) in [6, 6.07) is -3.49. The molecule has 0 aromatic heterocycles. The van der Waals surface area contributed by atoms with E-state index in [1.807, 2.05) is 0 Å². The van der Waals surface area contributed by atoms with Gasteiger partial charge in [-0.2, -0.15) is 0 Å². The molecule has 1 heterocycles. The first-order chi connectivity index (χ1) is 24.7. The van der Waals surface area contributed by atoms with Crippen molar-refractivity contribution in [3.8, 4) is 5.75 Å². The largest absolute Gasteiger partial charge is 0.508 e. The van der Waals surface area contributed by atoms with Gasteiger partial charge in [0.1, 0.15) is 54.3 Å². The molecule has 22 heteroatoms. The van der Waals surface area contributed by atoms with Crippen molar-refractivity contribution in [2.75, 3.05) is 6.61 Å². The van der Waals surface area contributed by atoms with E-state index in [-0.39, 0.29) is 12.2 Å². The number of aromatic hydroxyl groups is 1. The molecule has 16 N–H and O–H groups in total. The van der Waals surface area contributed by atoms with Gasteiger partial charge in [0.2, 0.25) is 29.5 Å². The van der Waals surface area contributed by atoms with Crippen molar-refractivity contribution in [1.82, 2.24) is 21.3 Å². The first-order valence-corrected chi connectivity index (χ1v) is 16.3. The van der Waals surface area contributed by atoms with Gasteiger partial charge in [0.15, 0.2) is 12.3 Å². The highest BCUT2D eigenvalue weighted by molar-refractivity contribution is 5.97. The number of carbonyl (C=O) groups is 6. The second kappa shape index (κ2) is 20.1. The van der Waals surface area contributed by atoms with Crippen LogP contribution in [-0.2, 0) is 44.7 Å². The Balaban J connectivity index is 2.43. The molecule has 0 spiro atoms. The number of ether oxygens (including phenoxy) is 2. The molecule has 1 aliphatic rings. The lowest BCUT2D eigenvalue weighted by Gasteiger charge is -2.41. The highest BCUT2D eigenvalue weighted by Crippen LogP contribution is 2.24. The number of aliphatic hydroxyl groups is 6. The number of aliphatic hydroxyl groups excluding tert-OH is 6. The highest BCUT2D eigenvalue weighted by atomic mass is 16.7. The molecule has 13 atom stereocenters. The summed E-state index contributed by atoms with van der Waals surface area (Å²) in [5, 5.41) is 87.8. The van der Waals surface area contributed by atoms with Crippen LogP contribution in [0.4, 0.5) is 0 Å². The Morgan fingerprint density at radius 2 is 1.34 bits per heavy atom. The van der Waals surface area contributed by atoms with Gasteiger partial charge in [-0.3, -0.25) is 24.0 Å².